The van der Waals surface area contributed by atoms with Crippen molar-refractivity contribution < 1.29 is 9.53 Å². The van der Waals surface area contributed by atoms with E-state index in [1.807, 2.05) is 13.8 Å². The summed E-state index contributed by atoms with van der Waals surface area (Å²) in [5, 5.41) is 10.5. The molecule has 2 aromatic rings. The molecule has 2 rings (SSSR count). The summed E-state index contributed by atoms with van der Waals surface area (Å²) in [6.45, 7) is 4.29. The van der Waals surface area contributed by atoms with Crippen molar-refractivity contribution in [2.45, 2.75) is 24.3 Å². The Bertz CT molecular complexity index is 662. The zero-order chi connectivity index (χ0) is 16.1. The van der Waals surface area contributed by atoms with Crippen molar-refractivity contribution in [2.75, 3.05) is 13.7 Å². The average Bonchev–Trinajstić information content (AvgIpc) is 2.95. The van der Waals surface area contributed by atoms with Crippen molar-refractivity contribution in [2.24, 2.45) is 0 Å². The fourth-order valence-electron chi connectivity index (χ4n) is 1.81. The predicted molar refractivity (Wildman–Crippen MR) is 87.4 cm³/mol. The number of benzene rings is 1. The Balaban J connectivity index is 2.18. The maximum absolute atomic E-state index is 11.7. The Hall–Kier alpha value is -1.73. The number of nitrogens with one attached hydrogen (secondary N) is 2. The molecule has 0 aliphatic heterocycles. The number of ether oxygens (including phenoxy) is 1. The van der Waals surface area contributed by atoms with Gasteiger partial charge in [0.05, 0.1) is 17.9 Å². The van der Waals surface area contributed by atoms with Gasteiger partial charge in [0.2, 0.25) is 11.1 Å². The van der Waals surface area contributed by atoms with Gasteiger partial charge in [0.15, 0.2) is 5.82 Å². The standard InChI is InChI=1S/C14H17ClN4O2S/c1-4-16-13(20)8(2)22-14-17-12(18-19-14)10-7-9(15)5-6-11(10)21-3/h5-8H,4H2,1-3H3,(H,16,20)(H,17,18,19)/t8-/m1/s1. The molecule has 1 aromatic heterocycles. The molecule has 6 nitrogen and oxygen atoms in total. The molecule has 2 N–H and O–H groups in total. The predicted octanol–water partition coefficient (Wildman–Crippen LogP) is 2.75. The van der Waals surface area contributed by atoms with Crippen molar-refractivity contribution in [3.63, 3.8) is 0 Å². The van der Waals surface area contributed by atoms with Crippen LogP contribution in [0.25, 0.3) is 11.4 Å². The zero-order valence-corrected chi connectivity index (χ0v) is 14.1. The molecule has 0 radical (unpaired) electrons. The zero-order valence-electron chi connectivity index (χ0n) is 12.5. The summed E-state index contributed by atoms with van der Waals surface area (Å²) in [6, 6.07) is 5.26. The van der Waals surface area contributed by atoms with E-state index in [0.717, 1.165) is 5.56 Å². The third kappa shape index (κ3) is 3.92. The molecule has 0 aliphatic carbocycles. The number of amides is 1. The van der Waals surface area contributed by atoms with Gasteiger partial charge in [-0.25, -0.2) is 4.98 Å². The average molecular weight is 341 g/mol. The first-order valence-electron chi connectivity index (χ1n) is 6.75. The van der Waals surface area contributed by atoms with Gasteiger partial charge in [0, 0.05) is 11.6 Å². The van der Waals surface area contributed by atoms with E-state index in [9.17, 15) is 4.79 Å². The van der Waals surface area contributed by atoms with E-state index in [1.54, 1.807) is 25.3 Å². The van der Waals surface area contributed by atoms with Crippen molar-refractivity contribution in [1.29, 1.82) is 0 Å². The number of methoxy groups -OCH3 is 1. The van der Waals surface area contributed by atoms with Gasteiger partial charge in [-0.2, -0.15) is 0 Å². The number of hydrogen-bond acceptors (Lipinski definition) is 5. The van der Waals surface area contributed by atoms with Gasteiger partial charge in [-0.1, -0.05) is 23.4 Å². The summed E-state index contributed by atoms with van der Waals surface area (Å²) in [6.07, 6.45) is 0. The molecular weight excluding hydrogens is 324 g/mol. The van der Waals surface area contributed by atoms with Crippen molar-refractivity contribution in [1.82, 2.24) is 20.5 Å². The Morgan fingerprint density at radius 1 is 1.55 bits per heavy atom. The van der Waals surface area contributed by atoms with Crippen LogP contribution >= 0.6 is 23.4 Å². The van der Waals surface area contributed by atoms with E-state index in [4.69, 9.17) is 16.3 Å². The number of aromatic amines is 1. The number of halogens is 1. The van der Waals surface area contributed by atoms with Gasteiger partial charge in [0.1, 0.15) is 5.75 Å². The molecule has 0 bridgehead atoms. The quantitative estimate of drug-likeness (QED) is 0.790. The van der Waals surface area contributed by atoms with Gasteiger partial charge >= 0.3 is 0 Å². The maximum atomic E-state index is 11.7. The van der Waals surface area contributed by atoms with Gasteiger partial charge in [-0.3, -0.25) is 9.89 Å². The van der Waals surface area contributed by atoms with Crippen LogP contribution in [-0.4, -0.2) is 40.0 Å². The molecule has 22 heavy (non-hydrogen) atoms. The van der Waals surface area contributed by atoms with Crippen LogP contribution < -0.4 is 10.1 Å². The highest BCUT2D eigenvalue weighted by Gasteiger charge is 2.17. The summed E-state index contributed by atoms with van der Waals surface area (Å²) in [4.78, 5) is 16.1. The third-order valence-electron chi connectivity index (χ3n) is 2.88. The lowest BCUT2D eigenvalue weighted by molar-refractivity contribution is -0.120. The first-order chi connectivity index (χ1) is 10.5. The van der Waals surface area contributed by atoms with Gasteiger partial charge in [-0.05, 0) is 32.0 Å². The van der Waals surface area contributed by atoms with Crippen LogP contribution in [0.2, 0.25) is 5.02 Å². The number of carbonyl (C=O) groups excluding carboxylic acids is 1. The summed E-state index contributed by atoms with van der Waals surface area (Å²) in [7, 11) is 1.58. The van der Waals surface area contributed by atoms with Crippen molar-refractivity contribution in [3.8, 4) is 17.1 Å². The highest BCUT2D eigenvalue weighted by Crippen LogP contribution is 2.31. The molecule has 0 spiro atoms. The third-order valence-corrected chi connectivity index (χ3v) is 4.08. The second-order valence-corrected chi connectivity index (χ2v) is 6.21. The van der Waals surface area contributed by atoms with Crippen LogP contribution in [0.1, 0.15) is 13.8 Å². The lowest BCUT2D eigenvalue weighted by Gasteiger charge is -2.07. The fraction of sp³-hybridized carbons (Fsp3) is 0.357. The lowest BCUT2D eigenvalue weighted by atomic mass is 10.2. The highest BCUT2D eigenvalue weighted by molar-refractivity contribution is 8.00. The second kappa shape index (κ2) is 7.51. The lowest BCUT2D eigenvalue weighted by Crippen LogP contribution is -2.30. The Labute approximate surface area is 138 Å². The minimum Gasteiger partial charge on any atom is -0.496 e. The molecular formula is C14H17ClN4O2S. The molecule has 0 aliphatic rings. The van der Waals surface area contributed by atoms with Crippen LogP contribution in [0.5, 0.6) is 5.75 Å². The van der Waals surface area contributed by atoms with Crippen LogP contribution in [-0.2, 0) is 4.79 Å². The van der Waals surface area contributed by atoms with Crippen LogP contribution in [0.3, 0.4) is 0 Å². The summed E-state index contributed by atoms with van der Waals surface area (Å²) >= 11 is 7.30. The smallest absolute Gasteiger partial charge is 0.233 e. The van der Waals surface area contributed by atoms with Crippen LogP contribution in [0.4, 0.5) is 0 Å². The minimum atomic E-state index is -0.273. The van der Waals surface area contributed by atoms with E-state index in [0.29, 0.717) is 28.3 Å². The summed E-state index contributed by atoms with van der Waals surface area (Å²) in [5.41, 5.74) is 0.722. The first-order valence-corrected chi connectivity index (χ1v) is 8.01. The minimum absolute atomic E-state index is 0.0424. The molecule has 0 fully saturated rings. The number of nitrogens with zero attached hydrogens (tertiary/aromatic N) is 2. The number of carbonyl (C=O) groups is 1. The topological polar surface area (TPSA) is 79.9 Å². The first kappa shape index (κ1) is 16.6. The van der Waals surface area contributed by atoms with Crippen molar-refractivity contribution in [3.05, 3.63) is 23.2 Å². The van der Waals surface area contributed by atoms with Crippen molar-refractivity contribution >= 4 is 29.3 Å². The largest absolute Gasteiger partial charge is 0.496 e. The normalized spacial score (nSPS) is 12.0. The fourth-order valence-corrected chi connectivity index (χ4v) is 2.74. The molecule has 1 heterocycles. The number of thioether (sulfide) groups is 1. The Kier molecular flexibility index (Phi) is 5.68. The Morgan fingerprint density at radius 3 is 3.00 bits per heavy atom. The van der Waals surface area contributed by atoms with E-state index >= 15 is 0 Å². The maximum Gasteiger partial charge on any atom is 0.233 e. The highest BCUT2D eigenvalue weighted by atomic mass is 35.5. The van der Waals surface area contributed by atoms with Gasteiger partial charge < -0.3 is 10.1 Å². The van der Waals surface area contributed by atoms with E-state index < -0.39 is 0 Å². The number of hydrogen-bond donors (Lipinski definition) is 2. The molecule has 0 unspecified atom stereocenters. The van der Waals surface area contributed by atoms with Gasteiger partial charge in [0.25, 0.3) is 0 Å². The number of rotatable bonds is 6. The summed E-state index contributed by atoms with van der Waals surface area (Å²) < 4.78 is 5.30. The molecule has 1 amide bonds. The van der Waals surface area contributed by atoms with Crippen LogP contribution in [0, 0.1) is 0 Å². The molecule has 8 heteroatoms. The van der Waals surface area contributed by atoms with E-state index in [1.165, 1.54) is 11.8 Å². The molecule has 0 saturated carbocycles. The number of aromatic nitrogens is 3. The number of H-pyrrole nitrogens is 1. The van der Waals surface area contributed by atoms with E-state index in [-0.39, 0.29) is 11.2 Å². The monoisotopic (exact) mass is 340 g/mol. The Morgan fingerprint density at radius 2 is 2.32 bits per heavy atom. The molecule has 0 saturated heterocycles. The summed E-state index contributed by atoms with van der Waals surface area (Å²) in [5.74, 6) is 1.15. The van der Waals surface area contributed by atoms with Crippen LogP contribution in [0.15, 0.2) is 23.4 Å². The van der Waals surface area contributed by atoms with Gasteiger partial charge in [-0.15, -0.1) is 5.10 Å². The second-order valence-electron chi connectivity index (χ2n) is 4.47. The molecule has 118 valence electrons. The molecule has 1 aromatic carbocycles. The molecule has 1 atom stereocenters. The SMILES string of the molecule is CCNC(=O)[C@@H](C)Sc1n[nH]c(-c2cc(Cl)ccc2OC)n1. The van der Waals surface area contributed by atoms with E-state index in [2.05, 4.69) is 20.5 Å².